The van der Waals surface area contributed by atoms with Crippen LogP contribution in [0.4, 0.5) is 0 Å². The fourth-order valence-corrected chi connectivity index (χ4v) is 0.370. The summed E-state index contributed by atoms with van der Waals surface area (Å²) in [4.78, 5) is 0. The van der Waals surface area contributed by atoms with Gasteiger partial charge in [0.05, 0.1) is 0 Å². The summed E-state index contributed by atoms with van der Waals surface area (Å²) < 4.78 is 4.43. The molecule has 0 aromatic carbocycles. The molecule has 0 saturated carbocycles. The van der Waals surface area contributed by atoms with Crippen molar-refractivity contribution < 1.29 is 60.9 Å². The van der Waals surface area contributed by atoms with Crippen molar-refractivity contribution in [2.75, 3.05) is 12.8 Å². The number of rotatable bonds is 3. The molecule has 0 atom stereocenters. The summed E-state index contributed by atoms with van der Waals surface area (Å²) in [5.41, 5.74) is 0. The normalized spacial score (nSPS) is 9.00. The van der Waals surface area contributed by atoms with Gasteiger partial charge in [-0.1, -0.05) is 11.8 Å². The topological polar surface area (TPSA) is 32.7 Å². The van der Waals surface area contributed by atoms with E-state index in [0.29, 0.717) is 5.23 Å². The van der Waals surface area contributed by atoms with E-state index in [4.69, 9.17) is 5.21 Å². The first-order chi connectivity index (χ1) is 3.31. The van der Waals surface area contributed by atoms with Crippen LogP contribution in [0.1, 0.15) is 0 Å². The maximum Gasteiger partial charge on any atom is 1.00 e. The fourth-order valence-electron chi connectivity index (χ4n) is 0.123. The van der Waals surface area contributed by atoms with E-state index in [1.807, 2.05) is 0 Å². The molecule has 0 amide bonds. The Hall–Kier alpha value is 1.87. The molecule has 44 valence electrons. The maximum atomic E-state index is 8.39. The average Bonchev–Trinajstić information content (AvgIpc) is 1.68. The fraction of sp³-hybridized carbons (Fsp3) is 0.667. The number of nitrogens with zero attached hydrogens (tertiary/aromatic N) is 1. The summed E-state index contributed by atoms with van der Waals surface area (Å²) in [7, 11) is 0. The van der Waals surface area contributed by atoms with Crippen LogP contribution in [0.3, 0.4) is 0 Å². The molecule has 8 heavy (non-hydrogen) atoms. The quantitative estimate of drug-likeness (QED) is 0.219. The predicted molar refractivity (Wildman–Crippen MR) is 28.4 cm³/mol. The molecule has 0 aliphatic carbocycles. The Morgan fingerprint density at radius 2 is 2.38 bits per heavy atom. The molecule has 0 aromatic rings. The third-order valence-electron chi connectivity index (χ3n) is 0.352. The van der Waals surface area contributed by atoms with Gasteiger partial charge in [0.15, 0.2) is 0 Å². The first kappa shape index (κ1) is 12.5. The van der Waals surface area contributed by atoms with Crippen LogP contribution >= 0.6 is 12.0 Å². The molecule has 0 aromatic heterocycles. The summed E-state index contributed by atoms with van der Waals surface area (Å²) in [5, 5.41) is 9.04. The Balaban J connectivity index is 0. The van der Waals surface area contributed by atoms with Gasteiger partial charge in [0.25, 0.3) is 0 Å². The molecular weight excluding hydrogens is 153 g/mol. The first-order valence-electron chi connectivity index (χ1n) is 1.77. The summed E-state index contributed by atoms with van der Waals surface area (Å²) in [6.07, 6.45) is 1.71. The molecule has 1 N–H and O–H groups in total. The second-order valence-electron chi connectivity index (χ2n) is 0.817. The molecule has 0 radical (unpaired) electrons. The Morgan fingerprint density at radius 1 is 1.88 bits per heavy atom. The van der Waals surface area contributed by atoms with Gasteiger partial charge >= 0.3 is 51.4 Å². The Bertz CT molecular complexity index is 48.3. The van der Waals surface area contributed by atoms with Crippen molar-refractivity contribution in [2.24, 2.45) is 0 Å². The molecule has 0 aliphatic heterocycles. The zero-order valence-electron chi connectivity index (χ0n) is 5.13. The monoisotopic (exact) mass is 161 g/mol. The van der Waals surface area contributed by atoms with Crippen molar-refractivity contribution in [1.29, 1.82) is 0 Å². The van der Waals surface area contributed by atoms with Gasteiger partial charge in [0.1, 0.15) is 0 Å². The van der Waals surface area contributed by atoms with Crippen molar-refractivity contribution in [2.45, 2.75) is 0 Å². The molecular formula is C3H8KNO2S. The van der Waals surface area contributed by atoms with Crippen molar-refractivity contribution >= 4 is 12.0 Å². The third-order valence-corrected chi connectivity index (χ3v) is 0.673. The Labute approximate surface area is 96.3 Å². The van der Waals surface area contributed by atoms with E-state index < -0.39 is 0 Å². The summed E-state index contributed by atoms with van der Waals surface area (Å²) >= 11 is 1.07. The molecule has 0 fully saturated rings. The van der Waals surface area contributed by atoms with Crippen molar-refractivity contribution in [3.05, 3.63) is 6.92 Å². The predicted octanol–water partition coefficient (Wildman–Crippen LogP) is -2.27. The van der Waals surface area contributed by atoms with Gasteiger partial charge in [-0.2, -0.15) is 0 Å². The zero-order valence-corrected chi connectivity index (χ0v) is 9.06. The van der Waals surface area contributed by atoms with Gasteiger partial charge in [-0.3, -0.25) is 5.21 Å². The summed E-state index contributed by atoms with van der Waals surface area (Å²) in [6.45, 7) is 3.58. The van der Waals surface area contributed by atoms with Crippen LogP contribution in [0.2, 0.25) is 0 Å². The van der Waals surface area contributed by atoms with Crippen LogP contribution < -0.4 is 51.4 Å². The van der Waals surface area contributed by atoms with E-state index in [9.17, 15) is 0 Å². The van der Waals surface area contributed by atoms with Crippen LogP contribution in [0.25, 0.3) is 0 Å². The maximum absolute atomic E-state index is 8.39. The minimum absolute atomic E-state index is 0. The number of hydrogen-bond acceptors (Lipinski definition) is 4. The first-order valence-corrected chi connectivity index (χ1v) is 2.92. The SMILES string of the molecule is [CH2-]CN(O)OSC.[K+]. The standard InChI is InChI=1S/C3H8NO2S.K/c1-3-4(5)6-7-2;/h5H,1,3H2,2H3;/q-1;+1. The van der Waals surface area contributed by atoms with E-state index in [1.54, 1.807) is 6.26 Å². The third kappa shape index (κ3) is 7.87. The zero-order chi connectivity index (χ0) is 5.70. The van der Waals surface area contributed by atoms with Gasteiger partial charge in [-0.05, 0) is 0 Å². The van der Waals surface area contributed by atoms with Gasteiger partial charge in [-0.15, -0.1) is 0 Å². The smallest absolute Gasteiger partial charge is 0.325 e. The summed E-state index contributed by atoms with van der Waals surface area (Å²) in [5.74, 6) is 0. The van der Waals surface area contributed by atoms with Crippen LogP contribution in [-0.2, 0) is 4.28 Å². The molecule has 0 heterocycles. The number of hydroxylamine groups is 2. The van der Waals surface area contributed by atoms with Crippen LogP contribution in [-0.4, -0.2) is 23.2 Å². The van der Waals surface area contributed by atoms with Crippen LogP contribution in [0.5, 0.6) is 0 Å². The van der Waals surface area contributed by atoms with E-state index in [2.05, 4.69) is 11.2 Å². The van der Waals surface area contributed by atoms with Gasteiger partial charge < -0.3 is 6.92 Å². The Morgan fingerprint density at radius 3 is 2.50 bits per heavy atom. The van der Waals surface area contributed by atoms with E-state index in [0.717, 1.165) is 12.0 Å². The minimum Gasteiger partial charge on any atom is -0.325 e. The molecule has 0 aliphatic rings. The molecule has 0 saturated heterocycles. The van der Waals surface area contributed by atoms with Crippen molar-refractivity contribution in [3.8, 4) is 0 Å². The molecule has 5 heteroatoms. The average molecular weight is 161 g/mol. The van der Waals surface area contributed by atoms with Gasteiger partial charge in [0.2, 0.25) is 0 Å². The second kappa shape index (κ2) is 8.87. The minimum atomic E-state index is 0. The van der Waals surface area contributed by atoms with Crippen molar-refractivity contribution in [1.82, 2.24) is 5.23 Å². The van der Waals surface area contributed by atoms with Crippen molar-refractivity contribution in [3.63, 3.8) is 0 Å². The van der Waals surface area contributed by atoms with E-state index in [1.165, 1.54) is 0 Å². The molecule has 0 unspecified atom stereocenters. The summed E-state index contributed by atoms with van der Waals surface area (Å²) in [6, 6.07) is 0. The molecule has 0 spiro atoms. The number of hydrogen-bond donors (Lipinski definition) is 1. The van der Waals surface area contributed by atoms with E-state index in [-0.39, 0.29) is 57.9 Å². The van der Waals surface area contributed by atoms with Gasteiger partial charge in [0, 0.05) is 18.3 Å². The molecule has 0 bridgehead atoms. The van der Waals surface area contributed by atoms with Crippen LogP contribution in [0, 0.1) is 6.92 Å². The molecule has 3 nitrogen and oxygen atoms in total. The Kier molecular flexibility index (Phi) is 13.9. The van der Waals surface area contributed by atoms with E-state index >= 15 is 0 Å². The second-order valence-corrected chi connectivity index (χ2v) is 1.30. The van der Waals surface area contributed by atoms with Gasteiger partial charge in [-0.25, -0.2) is 4.28 Å². The molecule has 0 rings (SSSR count). The van der Waals surface area contributed by atoms with Crippen LogP contribution in [0.15, 0.2) is 0 Å². The largest absolute Gasteiger partial charge is 1.00 e.